The summed E-state index contributed by atoms with van der Waals surface area (Å²) in [4.78, 5) is 7.16. The van der Waals surface area contributed by atoms with Crippen LogP contribution in [0.15, 0.2) is 23.6 Å². The van der Waals surface area contributed by atoms with E-state index in [1.165, 1.54) is 19.3 Å². The number of nitrogen functional groups attached to an aromatic ring is 1. The maximum atomic E-state index is 5.97. The second-order valence-corrected chi connectivity index (χ2v) is 5.97. The first-order valence-corrected chi connectivity index (χ1v) is 7.69. The van der Waals surface area contributed by atoms with Crippen LogP contribution in [0.1, 0.15) is 24.8 Å². The molecule has 4 heteroatoms. The van der Waals surface area contributed by atoms with Crippen molar-refractivity contribution in [3.63, 3.8) is 0 Å². The van der Waals surface area contributed by atoms with Gasteiger partial charge >= 0.3 is 0 Å². The summed E-state index contributed by atoms with van der Waals surface area (Å²) < 4.78 is 0. The zero-order valence-electron chi connectivity index (χ0n) is 11.2. The van der Waals surface area contributed by atoms with Gasteiger partial charge in [0.15, 0.2) is 5.13 Å². The van der Waals surface area contributed by atoms with E-state index in [2.05, 4.69) is 22.4 Å². The van der Waals surface area contributed by atoms with E-state index >= 15 is 0 Å². The van der Waals surface area contributed by atoms with Gasteiger partial charge in [-0.25, -0.2) is 4.98 Å². The third-order valence-electron chi connectivity index (χ3n) is 3.69. The van der Waals surface area contributed by atoms with Crippen LogP contribution in [-0.4, -0.2) is 18.1 Å². The fourth-order valence-corrected chi connectivity index (χ4v) is 3.32. The Morgan fingerprint density at radius 1 is 1.21 bits per heavy atom. The smallest absolute Gasteiger partial charge is 0.185 e. The van der Waals surface area contributed by atoms with Crippen LogP contribution >= 0.6 is 11.3 Å². The van der Waals surface area contributed by atoms with Crippen molar-refractivity contribution in [1.29, 1.82) is 0 Å². The molecule has 0 saturated carbocycles. The fourth-order valence-electron chi connectivity index (χ4n) is 2.43. The van der Waals surface area contributed by atoms with Gasteiger partial charge in [0, 0.05) is 29.7 Å². The Hall–Kier alpha value is -1.55. The van der Waals surface area contributed by atoms with Gasteiger partial charge in [-0.3, -0.25) is 0 Å². The number of aromatic nitrogens is 1. The third kappa shape index (κ3) is 2.59. The van der Waals surface area contributed by atoms with Crippen molar-refractivity contribution < 1.29 is 0 Å². The Morgan fingerprint density at radius 3 is 2.74 bits per heavy atom. The molecule has 1 aromatic carbocycles. The Morgan fingerprint density at radius 2 is 2.00 bits per heavy atom. The summed E-state index contributed by atoms with van der Waals surface area (Å²) in [7, 11) is 0. The Kier molecular flexibility index (Phi) is 3.42. The van der Waals surface area contributed by atoms with Crippen molar-refractivity contribution in [3.8, 4) is 11.3 Å². The molecule has 1 aliphatic rings. The molecule has 0 radical (unpaired) electrons. The van der Waals surface area contributed by atoms with E-state index in [4.69, 9.17) is 10.7 Å². The number of nitrogens with zero attached hydrogens (tertiary/aromatic N) is 2. The van der Waals surface area contributed by atoms with Crippen molar-refractivity contribution in [2.45, 2.75) is 26.2 Å². The van der Waals surface area contributed by atoms with Crippen molar-refractivity contribution in [2.75, 3.05) is 23.7 Å². The summed E-state index contributed by atoms with van der Waals surface area (Å²) in [5, 5.41) is 3.28. The van der Waals surface area contributed by atoms with Crippen LogP contribution in [0, 0.1) is 6.92 Å². The predicted molar refractivity (Wildman–Crippen MR) is 82.8 cm³/mol. The van der Waals surface area contributed by atoms with E-state index in [0.29, 0.717) is 0 Å². The number of hydrogen-bond donors (Lipinski definition) is 1. The molecule has 1 saturated heterocycles. The number of aryl methyl sites for hydroxylation is 1. The highest BCUT2D eigenvalue weighted by Crippen LogP contribution is 2.30. The van der Waals surface area contributed by atoms with E-state index in [1.807, 2.05) is 13.0 Å². The average molecular weight is 273 g/mol. The molecule has 2 aromatic rings. The second kappa shape index (κ2) is 5.21. The van der Waals surface area contributed by atoms with E-state index in [9.17, 15) is 0 Å². The minimum Gasteiger partial charge on any atom is -0.398 e. The lowest BCUT2D eigenvalue weighted by molar-refractivity contribution is 0.577. The van der Waals surface area contributed by atoms with Crippen molar-refractivity contribution >= 4 is 22.2 Å². The molecular formula is C15H19N3S. The Balaban J connectivity index is 1.85. The molecule has 1 fully saturated rings. The molecule has 0 atom stereocenters. The van der Waals surface area contributed by atoms with Crippen molar-refractivity contribution in [3.05, 3.63) is 29.1 Å². The predicted octanol–water partition coefficient (Wildman–Crippen LogP) is 3.69. The molecule has 0 amide bonds. The maximum Gasteiger partial charge on any atom is 0.185 e. The minimum absolute atomic E-state index is 0.838. The molecule has 1 aliphatic heterocycles. The number of hydrogen-bond acceptors (Lipinski definition) is 4. The summed E-state index contributed by atoms with van der Waals surface area (Å²) in [5.41, 5.74) is 10.1. The normalized spacial score (nSPS) is 15.7. The van der Waals surface area contributed by atoms with Gasteiger partial charge < -0.3 is 10.6 Å². The molecule has 3 nitrogen and oxygen atoms in total. The lowest BCUT2D eigenvalue weighted by atomic mass is 10.1. The highest BCUT2D eigenvalue weighted by atomic mass is 32.1. The molecule has 2 N–H and O–H groups in total. The van der Waals surface area contributed by atoms with Crippen LogP contribution < -0.4 is 10.6 Å². The third-order valence-corrected chi connectivity index (χ3v) is 4.60. The molecule has 0 spiro atoms. The van der Waals surface area contributed by atoms with Gasteiger partial charge in [-0.15, -0.1) is 11.3 Å². The lowest BCUT2D eigenvalue weighted by Crippen LogP contribution is -2.29. The highest BCUT2D eigenvalue weighted by Gasteiger charge is 2.15. The number of anilines is 2. The molecule has 0 bridgehead atoms. The second-order valence-electron chi connectivity index (χ2n) is 5.13. The highest BCUT2D eigenvalue weighted by molar-refractivity contribution is 7.14. The van der Waals surface area contributed by atoms with Crippen LogP contribution in [0.3, 0.4) is 0 Å². The molecule has 3 rings (SSSR count). The van der Waals surface area contributed by atoms with Crippen LogP contribution in [0.25, 0.3) is 11.3 Å². The number of thiazole rings is 1. The molecule has 0 aliphatic carbocycles. The number of rotatable bonds is 2. The van der Waals surface area contributed by atoms with Gasteiger partial charge in [-0.1, -0.05) is 12.1 Å². The van der Waals surface area contributed by atoms with Gasteiger partial charge in [0.2, 0.25) is 0 Å². The van der Waals surface area contributed by atoms with Crippen molar-refractivity contribution in [2.24, 2.45) is 0 Å². The van der Waals surface area contributed by atoms with E-state index < -0.39 is 0 Å². The monoisotopic (exact) mass is 273 g/mol. The summed E-state index contributed by atoms with van der Waals surface area (Å²) in [5.74, 6) is 0. The Bertz CT molecular complexity index is 571. The first kappa shape index (κ1) is 12.5. The topological polar surface area (TPSA) is 42.2 Å². The number of nitrogens with two attached hydrogens (primary N) is 1. The maximum absolute atomic E-state index is 5.97. The molecule has 2 heterocycles. The van der Waals surface area contributed by atoms with Crippen LogP contribution in [0.2, 0.25) is 0 Å². The summed E-state index contributed by atoms with van der Waals surface area (Å²) >= 11 is 1.73. The van der Waals surface area contributed by atoms with Gasteiger partial charge in [0.25, 0.3) is 0 Å². The molecule has 100 valence electrons. The van der Waals surface area contributed by atoms with E-state index in [1.54, 1.807) is 11.3 Å². The van der Waals surface area contributed by atoms with E-state index in [-0.39, 0.29) is 0 Å². The molecule has 19 heavy (non-hydrogen) atoms. The summed E-state index contributed by atoms with van der Waals surface area (Å²) in [6.45, 7) is 4.31. The standard InChI is InChI=1S/C15H19N3S/c1-11-5-6-12(9-13(11)16)14-10-19-15(17-14)18-7-3-2-4-8-18/h5-6,9-10H,2-4,7-8,16H2,1H3. The largest absolute Gasteiger partial charge is 0.398 e. The summed E-state index contributed by atoms with van der Waals surface area (Å²) in [6, 6.07) is 6.18. The quantitative estimate of drug-likeness (QED) is 0.848. The number of piperidine rings is 1. The zero-order valence-corrected chi connectivity index (χ0v) is 12.0. The average Bonchev–Trinajstić information content (AvgIpc) is 2.93. The van der Waals surface area contributed by atoms with Gasteiger partial charge in [-0.2, -0.15) is 0 Å². The minimum atomic E-state index is 0.838. The molecule has 1 aromatic heterocycles. The van der Waals surface area contributed by atoms with Gasteiger partial charge in [0.05, 0.1) is 5.69 Å². The zero-order chi connectivity index (χ0) is 13.2. The van der Waals surface area contributed by atoms with Crippen LogP contribution in [0.4, 0.5) is 10.8 Å². The first-order chi connectivity index (χ1) is 9.24. The lowest BCUT2D eigenvalue weighted by Gasteiger charge is -2.25. The first-order valence-electron chi connectivity index (χ1n) is 6.81. The number of benzene rings is 1. The Labute approximate surface area is 118 Å². The summed E-state index contributed by atoms with van der Waals surface area (Å²) in [6.07, 6.45) is 3.92. The van der Waals surface area contributed by atoms with Gasteiger partial charge in [-0.05, 0) is 37.8 Å². The van der Waals surface area contributed by atoms with Gasteiger partial charge in [0.1, 0.15) is 0 Å². The van der Waals surface area contributed by atoms with Crippen LogP contribution in [-0.2, 0) is 0 Å². The van der Waals surface area contributed by atoms with Crippen LogP contribution in [0.5, 0.6) is 0 Å². The fraction of sp³-hybridized carbons (Fsp3) is 0.400. The SMILES string of the molecule is Cc1ccc(-c2csc(N3CCCCC3)n2)cc1N. The molecule has 0 unspecified atom stereocenters. The van der Waals surface area contributed by atoms with E-state index in [0.717, 1.165) is 40.7 Å². The molecular weight excluding hydrogens is 254 g/mol. The van der Waals surface area contributed by atoms with Crippen molar-refractivity contribution in [1.82, 2.24) is 4.98 Å².